The second kappa shape index (κ2) is 11.8. The van der Waals surface area contributed by atoms with E-state index in [0.29, 0.717) is 24.7 Å². The smallest absolute Gasteiger partial charge is 0.293 e. The number of carbonyl (C=O) groups is 2. The van der Waals surface area contributed by atoms with Gasteiger partial charge in [-0.3, -0.25) is 9.59 Å². The number of rotatable bonds is 11. The lowest BCUT2D eigenvalue weighted by Crippen LogP contribution is -2.26. The molecule has 0 heterocycles. The fourth-order valence-electron chi connectivity index (χ4n) is 1.53. The normalized spacial score (nSPS) is 11.9. The zero-order valence-electron chi connectivity index (χ0n) is 10.5. The summed E-state index contributed by atoms with van der Waals surface area (Å²) in [4.78, 5) is 21.1. The zero-order valence-corrected chi connectivity index (χ0v) is 11.4. The van der Waals surface area contributed by atoms with E-state index in [1.54, 1.807) is 0 Å². The maximum Gasteiger partial charge on any atom is 0.293 e. The Bertz CT molecular complexity index is 212. The van der Waals surface area contributed by atoms with E-state index in [4.69, 9.17) is 0 Å². The van der Waals surface area contributed by atoms with Gasteiger partial charge in [0.25, 0.3) is 6.47 Å². The van der Waals surface area contributed by atoms with E-state index < -0.39 is 0 Å². The third-order valence-electron chi connectivity index (χ3n) is 2.42. The van der Waals surface area contributed by atoms with Crippen LogP contribution in [0.25, 0.3) is 0 Å². The Kier molecular flexibility index (Phi) is 11.3. The average Bonchev–Trinajstić information content (AvgIpc) is 2.31. The van der Waals surface area contributed by atoms with E-state index in [0.717, 1.165) is 32.1 Å². The topological polar surface area (TPSA) is 55.4 Å². The summed E-state index contributed by atoms with van der Waals surface area (Å²) in [7, 11) is 0. The van der Waals surface area contributed by atoms with Crippen molar-refractivity contribution in [3.05, 3.63) is 0 Å². The van der Waals surface area contributed by atoms with Gasteiger partial charge in [-0.15, -0.1) is 0 Å². The minimum Gasteiger partial charge on any atom is -0.466 e. The van der Waals surface area contributed by atoms with Crippen LogP contribution in [0.4, 0.5) is 0 Å². The van der Waals surface area contributed by atoms with Crippen LogP contribution in [0.1, 0.15) is 45.4 Å². The molecule has 1 atom stereocenters. The van der Waals surface area contributed by atoms with Gasteiger partial charge in [-0.2, -0.15) is 12.6 Å². The molecule has 0 radical (unpaired) electrons. The van der Waals surface area contributed by atoms with Crippen molar-refractivity contribution in [2.75, 3.05) is 13.2 Å². The monoisotopic (exact) mass is 261 g/mol. The number of thiol groups is 1. The quantitative estimate of drug-likeness (QED) is 0.339. The van der Waals surface area contributed by atoms with Crippen LogP contribution in [0.3, 0.4) is 0 Å². The first-order valence-electron chi connectivity index (χ1n) is 6.20. The Balaban J connectivity index is 3.29. The molecule has 0 bridgehead atoms. The molecule has 0 saturated carbocycles. The highest BCUT2D eigenvalue weighted by Crippen LogP contribution is 2.13. The Morgan fingerprint density at radius 3 is 2.82 bits per heavy atom. The third-order valence-corrected chi connectivity index (χ3v) is 2.94. The standard InChI is InChI=1S/C12H23NO3S/c1-2-5-11(17)6-3-4-7-12(15)13-8-9-16-10-14/h10-11,17H,2-9H2,1H3,(H,13,15). The Hall–Kier alpha value is -0.710. The molecule has 4 nitrogen and oxygen atoms in total. The van der Waals surface area contributed by atoms with E-state index in [1.807, 2.05) is 0 Å². The first-order chi connectivity index (χ1) is 8.20. The molecule has 17 heavy (non-hydrogen) atoms. The van der Waals surface area contributed by atoms with Crippen LogP contribution in [0, 0.1) is 0 Å². The highest BCUT2D eigenvalue weighted by atomic mass is 32.1. The first-order valence-corrected chi connectivity index (χ1v) is 6.72. The molecule has 100 valence electrons. The molecule has 0 aromatic rings. The van der Waals surface area contributed by atoms with Crippen molar-refractivity contribution >= 4 is 25.0 Å². The van der Waals surface area contributed by atoms with Crippen molar-refractivity contribution in [2.24, 2.45) is 0 Å². The van der Waals surface area contributed by atoms with E-state index in [-0.39, 0.29) is 12.5 Å². The Morgan fingerprint density at radius 2 is 2.18 bits per heavy atom. The van der Waals surface area contributed by atoms with Crippen molar-refractivity contribution in [1.82, 2.24) is 5.32 Å². The lowest BCUT2D eigenvalue weighted by Gasteiger charge is -2.08. The van der Waals surface area contributed by atoms with Gasteiger partial charge in [-0.1, -0.05) is 19.8 Å². The van der Waals surface area contributed by atoms with Crippen molar-refractivity contribution < 1.29 is 14.3 Å². The van der Waals surface area contributed by atoms with Crippen LogP contribution in [0.15, 0.2) is 0 Å². The molecule has 0 aromatic heterocycles. The predicted octanol–water partition coefficient (Wildman–Crippen LogP) is 1.93. The summed E-state index contributed by atoms with van der Waals surface area (Å²) in [5.41, 5.74) is 0. The maximum absolute atomic E-state index is 11.3. The molecule has 0 spiro atoms. The summed E-state index contributed by atoms with van der Waals surface area (Å²) >= 11 is 4.46. The molecule has 1 N–H and O–H groups in total. The van der Waals surface area contributed by atoms with Crippen LogP contribution in [-0.4, -0.2) is 30.8 Å². The van der Waals surface area contributed by atoms with E-state index in [2.05, 4.69) is 29.6 Å². The number of carbonyl (C=O) groups excluding carboxylic acids is 2. The molecule has 1 amide bonds. The summed E-state index contributed by atoms with van der Waals surface area (Å²) in [6.45, 7) is 3.16. The zero-order chi connectivity index (χ0) is 12.9. The fraction of sp³-hybridized carbons (Fsp3) is 0.833. The number of hydrogen-bond acceptors (Lipinski definition) is 4. The first kappa shape index (κ1) is 16.3. The number of unbranched alkanes of at least 4 members (excludes halogenated alkanes) is 1. The SMILES string of the molecule is CCCC(S)CCCCC(=O)NCCOC=O. The highest BCUT2D eigenvalue weighted by molar-refractivity contribution is 7.80. The number of amides is 1. The van der Waals surface area contributed by atoms with Crippen LogP contribution in [0.2, 0.25) is 0 Å². The van der Waals surface area contributed by atoms with Gasteiger partial charge < -0.3 is 10.1 Å². The molecule has 0 aromatic carbocycles. The summed E-state index contributed by atoms with van der Waals surface area (Å²) < 4.78 is 4.46. The van der Waals surface area contributed by atoms with Gasteiger partial charge in [0, 0.05) is 11.7 Å². The van der Waals surface area contributed by atoms with Crippen LogP contribution in [0.5, 0.6) is 0 Å². The van der Waals surface area contributed by atoms with E-state index in [9.17, 15) is 9.59 Å². The molecule has 0 aliphatic rings. The molecular formula is C12H23NO3S. The molecule has 0 fully saturated rings. The molecule has 0 aliphatic heterocycles. The van der Waals surface area contributed by atoms with Crippen LogP contribution < -0.4 is 5.32 Å². The van der Waals surface area contributed by atoms with Crippen molar-refractivity contribution in [3.63, 3.8) is 0 Å². The summed E-state index contributed by atoms with van der Waals surface area (Å²) in [6.07, 6.45) is 5.82. The molecule has 5 heteroatoms. The molecular weight excluding hydrogens is 238 g/mol. The molecule has 0 aliphatic carbocycles. The van der Waals surface area contributed by atoms with Gasteiger partial charge in [0.05, 0.1) is 6.54 Å². The summed E-state index contributed by atoms with van der Waals surface area (Å²) in [6, 6.07) is 0. The highest BCUT2D eigenvalue weighted by Gasteiger charge is 2.03. The number of nitrogens with one attached hydrogen (secondary N) is 1. The van der Waals surface area contributed by atoms with Crippen molar-refractivity contribution in [1.29, 1.82) is 0 Å². The van der Waals surface area contributed by atoms with Gasteiger partial charge in [0.2, 0.25) is 5.91 Å². The van der Waals surface area contributed by atoms with Gasteiger partial charge in [-0.25, -0.2) is 0 Å². The van der Waals surface area contributed by atoms with Crippen molar-refractivity contribution in [3.8, 4) is 0 Å². The molecule has 0 saturated heterocycles. The van der Waals surface area contributed by atoms with Gasteiger partial charge in [0.1, 0.15) is 6.61 Å². The lowest BCUT2D eigenvalue weighted by molar-refractivity contribution is -0.129. The lowest BCUT2D eigenvalue weighted by atomic mass is 10.1. The van der Waals surface area contributed by atoms with Gasteiger partial charge in [0.15, 0.2) is 0 Å². The summed E-state index contributed by atoms with van der Waals surface area (Å²) in [5, 5.41) is 3.15. The summed E-state index contributed by atoms with van der Waals surface area (Å²) in [5.74, 6) is 0.0192. The Labute approximate surface area is 109 Å². The van der Waals surface area contributed by atoms with E-state index >= 15 is 0 Å². The Morgan fingerprint density at radius 1 is 1.41 bits per heavy atom. The average molecular weight is 261 g/mol. The van der Waals surface area contributed by atoms with E-state index in [1.165, 1.54) is 0 Å². The van der Waals surface area contributed by atoms with Gasteiger partial charge >= 0.3 is 0 Å². The molecule has 1 unspecified atom stereocenters. The second-order valence-electron chi connectivity index (χ2n) is 4.01. The predicted molar refractivity (Wildman–Crippen MR) is 71.2 cm³/mol. The number of ether oxygens (including phenoxy) is 1. The van der Waals surface area contributed by atoms with Crippen LogP contribution >= 0.6 is 12.6 Å². The fourth-order valence-corrected chi connectivity index (χ4v) is 1.97. The second-order valence-corrected chi connectivity index (χ2v) is 4.74. The largest absolute Gasteiger partial charge is 0.466 e. The third kappa shape index (κ3) is 11.6. The minimum atomic E-state index is 0.0192. The number of hydrogen-bond donors (Lipinski definition) is 2. The van der Waals surface area contributed by atoms with Crippen LogP contribution in [-0.2, 0) is 14.3 Å². The maximum atomic E-state index is 11.3. The molecule has 0 rings (SSSR count). The van der Waals surface area contributed by atoms with Crippen molar-refractivity contribution in [2.45, 2.75) is 50.7 Å². The minimum absolute atomic E-state index is 0.0192. The van der Waals surface area contributed by atoms with Gasteiger partial charge in [-0.05, 0) is 19.3 Å².